The fourth-order valence-corrected chi connectivity index (χ4v) is 2.48. The van der Waals surface area contributed by atoms with Gasteiger partial charge < -0.3 is 0 Å². The molecule has 4 aliphatic rings. The summed E-state index contributed by atoms with van der Waals surface area (Å²) in [6.45, 7) is 0. The monoisotopic (exact) mass is 118 g/mol. The van der Waals surface area contributed by atoms with E-state index in [-0.39, 0.29) is 0 Å². The third-order valence-corrected chi connectivity index (χ3v) is 3.03. The van der Waals surface area contributed by atoms with Gasteiger partial charge in [0.2, 0.25) is 0 Å². The lowest BCUT2D eigenvalue weighted by Crippen LogP contribution is -2.11. The molecule has 0 heterocycles. The summed E-state index contributed by atoms with van der Waals surface area (Å²) in [5.41, 5.74) is 3.44. The van der Waals surface area contributed by atoms with E-state index in [0.29, 0.717) is 0 Å². The van der Waals surface area contributed by atoms with Crippen LogP contribution in [0.4, 0.5) is 0 Å². The molecule has 0 aromatic carbocycles. The zero-order valence-corrected chi connectivity index (χ0v) is 5.43. The van der Waals surface area contributed by atoms with Crippen LogP contribution in [0.25, 0.3) is 0 Å². The molecule has 0 saturated heterocycles. The molecule has 0 amide bonds. The maximum absolute atomic E-state index is 2.42. The quantitative estimate of drug-likeness (QED) is 0.457. The van der Waals surface area contributed by atoms with Gasteiger partial charge in [-0.3, -0.25) is 0 Å². The lowest BCUT2D eigenvalue weighted by Gasteiger charge is -2.21. The van der Waals surface area contributed by atoms with Gasteiger partial charge in [0.15, 0.2) is 0 Å². The Bertz CT molecular complexity index is 192. The third-order valence-electron chi connectivity index (χ3n) is 3.03. The van der Waals surface area contributed by atoms with Crippen molar-refractivity contribution in [1.82, 2.24) is 0 Å². The minimum Gasteiger partial charge on any atom is -0.0770 e. The SMILES string of the molecule is C1=C2C(=CC1)C1CC2C1. The Hall–Kier alpha value is -0.520. The first-order valence-corrected chi connectivity index (χ1v) is 3.85. The van der Waals surface area contributed by atoms with Crippen LogP contribution in [0, 0.1) is 11.8 Å². The van der Waals surface area contributed by atoms with Gasteiger partial charge >= 0.3 is 0 Å². The molecule has 3 saturated carbocycles. The van der Waals surface area contributed by atoms with Gasteiger partial charge in [-0.2, -0.15) is 0 Å². The number of hydrogen-bond donors (Lipinski definition) is 0. The van der Waals surface area contributed by atoms with Crippen molar-refractivity contribution in [2.45, 2.75) is 19.3 Å². The first-order valence-electron chi connectivity index (χ1n) is 3.85. The van der Waals surface area contributed by atoms with Crippen molar-refractivity contribution in [1.29, 1.82) is 0 Å². The van der Waals surface area contributed by atoms with Crippen molar-refractivity contribution in [3.63, 3.8) is 0 Å². The standard InChI is InChI=1S/C9H10/c1-2-8-6-4-7(5-6)9(8)3-1/h2-3,6-7H,1,4-5H2. The van der Waals surface area contributed by atoms with E-state index in [9.17, 15) is 0 Å². The van der Waals surface area contributed by atoms with Crippen LogP contribution in [0.5, 0.6) is 0 Å². The molecular weight excluding hydrogens is 108 g/mol. The molecular formula is C9H10. The average Bonchev–Trinajstić information content (AvgIpc) is 2.11. The summed E-state index contributed by atoms with van der Waals surface area (Å²) in [7, 11) is 0. The van der Waals surface area contributed by atoms with Gasteiger partial charge in [-0.1, -0.05) is 12.2 Å². The second-order valence-corrected chi connectivity index (χ2v) is 3.42. The Morgan fingerprint density at radius 2 is 1.56 bits per heavy atom. The zero-order valence-electron chi connectivity index (χ0n) is 5.43. The van der Waals surface area contributed by atoms with Crippen LogP contribution in [0.1, 0.15) is 19.3 Å². The maximum Gasteiger partial charge on any atom is -0.0151 e. The molecule has 0 aliphatic heterocycles. The molecule has 0 aromatic rings. The average molecular weight is 118 g/mol. The topological polar surface area (TPSA) is 0 Å². The van der Waals surface area contributed by atoms with Crippen molar-refractivity contribution >= 4 is 0 Å². The van der Waals surface area contributed by atoms with Gasteiger partial charge in [0.1, 0.15) is 0 Å². The van der Waals surface area contributed by atoms with Crippen LogP contribution in [0.3, 0.4) is 0 Å². The Labute approximate surface area is 55.3 Å². The molecule has 9 heavy (non-hydrogen) atoms. The van der Waals surface area contributed by atoms with Gasteiger partial charge in [0, 0.05) is 0 Å². The van der Waals surface area contributed by atoms with Gasteiger partial charge in [-0.25, -0.2) is 0 Å². The molecule has 0 heteroatoms. The molecule has 3 fully saturated rings. The van der Waals surface area contributed by atoms with E-state index in [1.807, 2.05) is 0 Å². The van der Waals surface area contributed by atoms with Crippen molar-refractivity contribution in [2.75, 3.05) is 0 Å². The van der Waals surface area contributed by atoms with E-state index in [1.54, 1.807) is 11.1 Å². The fourth-order valence-electron chi connectivity index (χ4n) is 2.48. The first kappa shape index (κ1) is 4.32. The highest BCUT2D eigenvalue weighted by Gasteiger charge is 2.44. The molecule has 0 N–H and O–H groups in total. The second-order valence-electron chi connectivity index (χ2n) is 3.42. The highest BCUT2D eigenvalue weighted by molar-refractivity contribution is 5.49. The highest BCUT2D eigenvalue weighted by atomic mass is 14.5. The lowest BCUT2D eigenvalue weighted by atomic mass is 9.83. The lowest BCUT2D eigenvalue weighted by molar-refractivity contribution is 0.336. The largest absolute Gasteiger partial charge is 0.0770 e. The maximum atomic E-state index is 2.42. The van der Waals surface area contributed by atoms with Crippen LogP contribution in [-0.2, 0) is 0 Å². The van der Waals surface area contributed by atoms with Crippen LogP contribution in [0.2, 0.25) is 0 Å². The molecule has 4 rings (SSSR count). The normalized spacial score (nSPS) is 43.6. The van der Waals surface area contributed by atoms with E-state index >= 15 is 0 Å². The minimum absolute atomic E-state index is 1.00. The molecule has 0 spiro atoms. The Balaban J connectivity index is 2.21. The molecule has 0 aromatic heterocycles. The summed E-state index contributed by atoms with van der Waals surface area (Å²) in [5, 5.41) is 0. The Morgan fingerprint density at radius 3 is 2.11 bits per heavy atom. The van der Waals surface area contributed by atoms with E-state index in [4.69, 9.17) is 0 Å². The van der Waals surface area contributed by atoms with Crippen molar-refractivity contribution in [3.8, 4) is 0 Å². The zero-order chi connectivity index (χ0) is 5.84. The van der Waals surface area contributed by atoms with Crippen molar-refractivity contribution in [2.24, 2.45) is 11.8 Å². The van der Waals surface area contributed by atoms with Crippen LogP contribution < -0.4 is 0 Å². The molecule has 2 bridgehead atoms. The predicted molar refractivity (Wildman–Crippen MR) is 37.0 cm³/mol. The summed E-state index contributed by atoms with van der Waals surface area (Å²) in [5.74, 6) is 2.01. The summed E-state index contributed by atoms with van der Waals surface area (Å²) in [4.78, 5) is 0. The third kappa shape index (κ3) is 0.346. The molecule has 0 nitrogen and oxygen atoms in total. The first-order chi connectivity index (χ1) is 4.45. The number of hydrogen-bond acceptors (Lipinski definition) is 0. The van der Waals surface area contributed by atoms with E-state index in [0.717, 1.165) is 11.8 Å². The fraction of sp³-hybridized carbons (Fsp3) is 0.556. The van der Waals surface area contributed by atoms with E-state index < -0.39 is 0 Å². The summed E-state index contributed by atoms with van der Waals surface area (Å²) in [6.07, 6.45) is 9.05. The molecule has 0 radical (unpaired) electrons. The van der Waals surface area contributed by atoms with E-state index in [1.165, 1.54) is 19.3 Å². The number of rotatable bonds is 0. The molecule has 0 atom stereocenters. The van der Waals surface area contributed by atoms with Crippen molar-refractivity contribution in [3.05, 3.63) is 23.3 Å². The molecule has 46 valence electrons. The van der Waals surface area contributed by atoms with Crippen LogP contribution in [-0.4, -0.2) is 0 Å². The van der Waals surface area contributed by atoms with Crippen LogP contribution in [0.15, 0.2) is 23.3 Å². The second kappa shape index (κ2) is 1.16. The van der Waals surface area contributed by atoms with Gasteiger partial charge in [-0.05, 0) is 42.2 Å². The minimum atomic E-state index is 1.00. The van der Waals surface area contributed by atoms with Gasteiger partial charge in [0.25, 0.3) is 0 Å². The van der Waals surface area contributed by atoms with E-state index in [2.05, 4.69) is 12.2 Å². The highest BCUT2D eigenvalue weighted by Crippen LogP contribution is 2.57. The van der Waals surface area contributed by atoms with Crippen LogP contribution >= 0.6 is 0 Å². The Kier molecular flexibility index (Phi) is 0.555. The predicted octanol–water partition coefficient (Wildman–Crippen LogP) is 2.28. The summed E-state index contributed by atoms with van der Waals surface area (Å²) in [6, 6.07) is 0. The van der Waals surface area contributed by atoms with Gasteiger partial charge in [0.05, 0.1) is 0 Å². The van der Waals surface area contributed by atoms with Crippen molar-refractivity contribution < 1.29 is 0 Å². The molecule has 4 aliphatic carbocycles. The van der Waals surface area contributed by atoms with Gasteiger partial charge in [-0.15, -0.1) is 0 Å². The smallest absolute Gasteiger partial charge is 0.0151 e. The summed E-state index contributed by atoms with van der Waals surface area (Å²) >= 11 is 0. The Morgan fingerprint density at radius 1 is 1.00 bits per heavy atom. The summed E-state index contributed by atoms with van der Waals surface area (Å²) < 4.78 is 0. The number of allylic oxidation sites excluding steroid dienone is 4. The molecule has 0 unspecified atom stereocenters.